The molecule has 80 valence electrons. The summed E-state index contributed by atoms with van der Waals surface area (Å²) in [7, 11) is -3.79. The Bertz CT molecular complexity index is 210. The zero-order valence-electron chi connectivity index (χ0n) is 8.19. The zero-order valence-corrected chi connectivity index (χ0v) is 9.01. The van der Waals surface area contributed by atoms with Crippen LogP contribution in [0.15, 0.2) is 0 Å². The number of unbranched alkanes of at least 4 members (excludes halogenated alkanes) is 1. The van der Waals surface area contributed by atoms with Crippen molar-refractivity contribution < 1.29 is 17.7 Å². The van der Waals surface area contributed by atoms with Crippen molar-refractivity contribution in [3.8, 4) is 0 Å². The molecule has 1 N–H and O–H groups in total. The molecular weight excluding hydrogens is 192 g/mol. The SMILES string of the molecule is CCC(C)OCCCCS(=O)(=O)O. The first-order valence-corrected chi connectivity index (χ1v) is 6.13. The normalized spacial score (nSPS) is 14.4. The molecule has 0 aromatic heterocycles. The third-order valence-electron chi connectivity index (χ3n) is 1.77. The van der Waals surface area contributed by atoms with Crippen LogP contribution in [-0.2, 0) is 14.9 Å². The van der Waals surface area contributed by atoms with Crippen LogP contribution in [0.2, 0.25) is 0 Å². The maximum Gasteiger partial charge on any atom is 0.264 e. The highest BCUT2D eigenvalue weighted by Gasteiger charge is 2.03. The molecular formula is C8H18O4S. The van der Waals surface area contributed by atoms with Gasteiger partial charge in [0.25, 0.3) is 10.1 Å². The predicted molar refractivity (Wildman–Crippen MR) is 51.4 cm³/mol. The minimum Gasteiger partial charge on any atom is -0.379 e. The van der Waals surface area contributed by atoms with Gasteiger partial charge in [0.05, 0.1) is 11.9 Å². The molecule has 0 heterocycles. The third-order valence-corrected chi connectivity index (χ3v) is 2.58. The van der Waals surface area contributed by atoms with E-state index in [1.807, 2.05) is 13.8 Å². The van der Waals surface area contributed by atoms with Gasteiger partial charge in [-0.3, -0.25) is 4.55 Å². The lowest BCUT2D eigenvalue weighted by Gasteiger charge is -2.09. The Morgan fingerprint density at radius 2 is 2.00 bits per heavy atom. The van der Waals surface area contributed by atoms with Crippen molar-refractivity contribution in [3.63, 3.8) is 0 Å². The van der Waals surface area contributed by atoms with Gasteiger partial charge in [0.2, 0.25) is 0 Å². The maximum atomic E-state index is 10.3. The lowest BCUT2D eigenvalue weighted by Crippen LogP contribution is -2.09. The second-order valence-electron chi connectivity index (χ2n) is 3.08. The van der Waals surface area contributed by atoms with Crippen LogP contribution >= 0.6 is 0 Å². The fraction of sp³-hybridized carbons (Fsp3) is 1.00. The van der Waals surface area contributed by atoms with Crippen molar-refractivity contribution >= 4 is 10.1 Å². The van der Waals surface area contributed by atoms with Gasteiger partial charge < -0.3 is 4.74 Å². The van der Waals surface area contributed by atoms with Gasteiger partial charge in [-0.1, -0.05) is 6.92 Å². The van der Waals surface area contributed by atoms with Gasteiger partial charge in [0.1, 0.15) is 0 Å². The van der Waals surface area contributed by atoms with Crippen LogP contribution in [0.3, 0.4) is 0 Å². The first kappa shape index (κ1) is 12.9. The molecule has 0 aliphatic carbocycles. The van der Waals surface area contributed by atoms with Crippen LogP contribution < -0.4 is 0 Å². The molecule has 0 aliphatic heterocycles. The molecule has 0 saturated carbocycles. The van der Waals surface area contributed by atoms with Gasteiger partial charge in [0.15, 0.2) is 0 Å². The molecule has 1 unspecified atom stereocenters. The second kappa shape index (κ2) is 6.34. The van der Waals surface area contributed by atoms with Crippen LogP contribution in [0, 0.1) is 0 Å². The van der Waals surface area contributed by atoms with Crippen molar-refractivity contribution in [1.82, 2.24) is 0 Å². The highest BCUT2D eigenvalue weighted by molar-refractivity contribution is 7.85. The number of hydrogen-bond acceptors (Lipinski definition) is 3. The molecule has 0 radical (unpaired) electrons. The molecule has 0 aliphatic rings. The first-order valence-electron chi connectivity index (χ1n) is 4.52. The Kier molecular flexibility index (Phi) is 6.28. The largest absolute Gasteiger partial charge is 0.379 e. The minimum absolute atomic E-state index is 0.170. The maximum absolute atomic E-state index is 10.3. The van der Waals surface area contributed by atoms with E-state index in [4.69, 9.17) is 9.29 Å². The van der Waals surface area contributed by atoms with Gasteiger partial charge in [-0.15, -0.1) is 0 Å². The molecule has 0 fully saturated rings. The fourth-order valence-corrected chi connectivity index (χ4v) is 1.36. The Morgan fingerprint density at radius 1 is 1.38 bits per heavy atom. The van der Waals surface area contributed by atoms with Crippen LogP contribution in [-0.4, -0.2) is 31.4 Å². The quantitative estimate of drug-likeness (QED) is 0.510. The Morgan fingerprint density at radius 3 is 2.46 bits per heavy atom. The lowest BCUT2D eigenvalue weighted by atomic mass is 10.3. The van der Waals surface area contributed by atoms with E-state index in [9.17, 15) is 8.42 Å². The van der Waals surface area contributed by atoms with Crippen LogP contribution in [0.25, 0.3) is 0 Å². The molecule has 0 bridgehead atoms. The molecule has 0 aromatic rings. The molecule has 0 aromatic carbocycles. The summed E-state index contributed by atoms with van der Waals surface area (Å²) in [5, 5.41) is 0. The number of hydrogen-bond donors (Lipinski definition) is 1. The summed E-state index contributed by atoms with van der Waals surface area (Å²) in [6.45, 7) is 4.57. The number of rotatable bonds is 7. The summed E-state index contributed by atoms with van der Waals surface area (Å²) in [4.78, 5) is 0. The Balaban J connectivity index is 3.27. The van der Waals surface area contributed by atoms with Gasteiger partial charge in [-0.25, -0.2) is 0 Å². The van der Waals surface area contributed by atoms with E-state index in [0.29, 0.717) is 19.4 Å². The van der Waals surface area contributed by atoms with Gasteiger partial charge in [0, 0.05) is 6.61 Å². The van der Waals surface area contributed by atoms with Crippen LogP contribution in [0.4, 0.5) is 0 Å². The second-order valence-corrected chi connectivity index (χ2v) is 4.65. The van der Waals surface area contributed by atoms with Crippen molar-refractivity contribution in [3.05, 3.63) is 0 Å². The molecule has 0 rings (SSSR count). The average Bonchev–Trinajstić information content (AvgIpc) is 2.01. The molecule has 0 amide bonds. The summed E-state index contributed by atoms with van der Waals surface area (Å²) < 4.78 is 34.3. The summed E-state index contributed by atoms with van der Waals surface area (Å²) in [5.74, 6) is -0.170. The van der Waals surface area contributed by atoms with Crippen molar-refractivity contribution in [1.29, 1.82) is 0 Å². The van der Waals surface area contributed by atoms with Crippen molar-refractivity contribution in [2.75, 3.05) is 12.4 Å². The molecule has 4 nitrogen and oxygen atoms in total. The molecule has 13 heavy (non-hydrogen) atoms. The van der Waals surface area contributed by atoms with E-state index in [2.05, 4.69) is 0 Å². The zero-order chi connectivity index (χ0) is 10.3. The third kappa shape index (κ3) is 9.79. The summed E-state index contributed by atoms with van der Waals surface area (Å²) >= 11 is 0. The van der Waals surface area contributed by atoms with Crippen LogP contribution in [0.1, 0.15) is 33.1 Å². The lowest BCUT2D eigenvalue weighted by molar-refractivity contribution is 0.0617. The van der Waals surface area contributed by atoms with E-state index < -0.39 is 10.1 Å². The molecule has 0 saturated heterocycles. The fourth-order valence-electron chi connectivity index (χ4n) is 0.789. The molecule has 1 atom stereocenters. The Hall–Kier alpha value is -0.130. The van der Waals surface area contributed by atoms with Crippen molar-refractivity contribution in [2.24, 2.45) is 0 Å². The highest BCUT2D eigenvalue weighted by Crippen LogP contribution is 1.99. The van der Waals surface area contributed by atoms with Gasteiger partial charge in [-0.05, 0) is 26.2 Å². The smallest absolute Gasteiger partial charge is 0.264 e. The summed E-state index contributed by atoms with van der Waals surface area (Å²) in [6.07, 6.45) is 2.31. The van der Waals surface area contributed by atoms with E-state index in [-0.39, 0.29) is 11.9 Å². The van der Waals surface area contributed by atoms with Gasteiger partial charge >= 0.3 is 0 Å². The average molecular weight is 210 g/mol. The van der Waals surface area contributed by atoms with Crippen LogP contribution in [0.5, 0.6) is 0 Å². The van der Waals surface area contributed by atoms with Crippen molar-refractivity contribution in [2.45, 2.75) is 39.2 Å². The molecule has 0 spiro atoms. The van der Waals surface area contributed by atoms with E-state index >= 15 is 0 Å². The van der Waals surface area contributed by atoms with E-state index in [1.165, 1.54) is 0 Å². The predicted octanol–water partition coefficient (Wildman–Crippen LogP) is 1.47. The summed E-state index contributed by atoms with van der Waals surface area (Å²) in [6, 6.07) is 0. The van der Waals surface area contributed by atoms with Gasteiger partial charge in [-0.2, -0.15) is 8.42 Å². The monoisotopic (exact) mass is 210 g/mol. The highest BCUT2D eigenvalue weighted by atomic mass is 32.2. The van der Waals surface area contributed by atoms with E-state index in [0.717, 1.165) is 6.42 Å². The standard InChI is InChI=1S/C8H18O4S/c1-3-8(2)12-6-4-5-7-13(9,10)11/h8H,3-7H2,1-2H3,(H,9,10,11). The first-order chi connectivity index (χ1) is 5.95. The summed E-state index contributed by atoms with van der Waals surface area (Å²) in [5.41, 5.74) is 0. The number of ether oxygens (including phenoxy) is 1. The van der Waals surface area contributed by atoms with E-state index in [1.54, 1.807) is 0 Å². The topological polar surface area (TPSA) is 63.6 Å². The Labute approximate surface area is 80.0 Å². The minimum atomic E-state index is -3.79. The molecule has 5 heteroatoms.